The minimum absolute atomic E-state index is 0.0795. The second-order valence-corrected chi connectivity index (χ2v) is 3.67. The number of nitrogens with zero attached hydrogens (tertiary/aromatic N) is 1. The van der Waals surface area contributed by atoms with Gasteiger partial charge in [-0.15, -0.1) is 0 Å². The smallest absolute Gasteiger partial charge is 0.160 e. The second kappa shape index (κ2) is 4.38. The SMILES string of the molecule is CC(=O)Cc1cc(F)c(F)cc1N(C)C. The summed E-state index contributed by atoms with van der Waals surface area (Å²) in [6.07, 6.45) is 0.116. The van der Waals surface area contributed by atoms with Gasteiger partial charge in [-0.2, -0.15) is 0 Å². The first-order valence-corrected chi connectivity index (χ1v) is 4.56. The number of carbonyl (C=O) groups is 1. The molecule has 0 radical (unpaired) electrons. The molecule has 0 atom stereocenters. The molecule has 0 saturated heterocycles. The predicted molar refractivity (Wildman–Crippen MR) is 55.1 cm³/mol. The van der Waals surface area contributed by atoms with Crippen LogP contribution >= 0.6 is 0 Å². The molecule has 4 heteroatoms. The quantitative estimate of drug-likeness (QED) is 0.766. The van der Waals surface area contributed by atoms with Crippen molar-refractivity contribution in [3.63, 3.8) is 0 Å². The number of anilines is 1. The minimum atomic E-state index is -0.920. The fourth-order valence-corrected chi connectivity index (χ4v) is 1.40. The molecule has 0 aliphatic heterocycles. The van der Waals surface area contributed by atoms with Crippen LogP contribution in [0.3, 0.4) is 0 Å². The van der Waals surface area contributed by atoms with E-state index in [9.17, 15) is 13.6 Å². The molecule has 2 nitrogen and oxygen atoms in total. The third-order valence-electron chi connectivity index (χ3n) is 2.04. The molecule has 0 aliphatic carbocycles. The Kier molecular flexibility index (Phi) is 3.39. The lowest BCUT2D eigenvalue weighted by Gasteiger charge is -2.17. The topological polar surface area (TPSA) is 20.3 Å². The van der Waals surface area contributed by atoms with Crippen molar-refractivity contribution < 1.29 is 13.6 Å². The molecular weight excluding hydrogens is 200 g/mol. The summed E-state index contributed by atoms with van der Waals surface area (Å²) < 4.78 is 25.9. The van der Waals surface area contributed by atoms with Crippen LogP contribution in [0.2, 0.25) is 0 Å². The molecule has 0 unspecified atom stereocenters. The van der Waals surface area contributed by atoms with Crippen molar-refractivity contribution in [1.82, 2.24) is 0 Å². The number of hydrogen-bond donors (Lipinski definition) is 0. The van der Waals surface area contributed by atoms with Crippen LogP contribution in [0.15, 0.2) is 12.1 Å². The van der Waals surface area contributed by atoms with Gasteiger partial charge in [0.05, 0.1) is 0 Å². The first-order valence-electron chi connectivity index (χ1n) is 4.56. The molecule has 82 valence electrons. The summed E-state index contributed by atoms with van der Waals surface area (Å²) in [6, 6.07) is 2.18. The van der Waals surface area contributed by atoms with Gasteiger partial charge < -0.3 is 4.90 Å². The number of rotatable bonds is 3. The van der Waals surface area contributed by atoms with Crippen LogP contribution in [0.25, 0.3) is 0 Å². The summed E-state index contributed by atoms with van der Waals surface area (Å²) in [4.78, 5) is 12.6. The summed E-state index contributed by atoms with van der Waals surface area (Å²) in [5, 5.41) is 0. The molecule has 0 saturated carbocycles. The highest BCUT2D eigenvalue weighted by atomic mass is 19.2. The van der Waals surface area contributed by atoms with Crippen LogP contribution in [0.5, 0.6) is 0 Å². The molecule has 0 amide bonds. The van der Waals surface area contributed by atoms with E-state index >= 15 is 0 Å². The summed E-state index contributed by atoms with van der Waals surface area (Å²) >= 11 is 0. The summed E-state index contributed by atoms with van der Waals surface area (Å²) in [5.41, 5.74) is 1.04. The maximum atomic E-state index is 13.0. The largest absolute Gasteiger partial charge is 0.377 e. The van der Waals surface area contributed by atoms with E-state index in [1.165, 1.54) is 6.92 Å². The fourth-order valence-electron chi connectivity index (χ4n) is 1.40. The molecule has 1 aromatic rings. The first-order chi connectivity index (χ1) is 6.91. The minimum Gasteiger partial charge on any atom is -0.377 e. The van der Waals surface area contributed by atoms with Gasteiger partial charge in [0, 0.05) is 32.3 Å². The van der Waals surface area contributed by atoms with Gasteiger partial charge in [-0.3, -0.25) is 4.79 Å². The lowest BCUT2D eigenvalue weighted by atomic mass is 10.1. The molecule has 0 N–H and O–H groups in total. The Bertz CT molecular complexity index is 388. The molecule has 1 rings (SSSR count). The van der Waals surface area contributed by atoms with Gasteiger partial charge in [0.1, 0.15) is 5.78 Å². The molecule has 15 heavy (non-hydrogen) atoms. The Morgan fingerprint density at radius 2 is 1.80 bits per heavy atom. The number of benzene rings is 1. The van der Waals surface area contributed by atoms with E-state index < -0.39 is 11.6 Å². The Morgan fingerprint density at radius 1 is 1.27 bits per heavy atom. The Labute approximate surface area is 87.5 Å². The zero-order valence-corrected chi connectivity index (χ0v) is 8.97. The fraction of sp³-hybridized carbons (Fsp3) is 0.364. The van der Waals surface area contributed by atoms with Crippen LogP contribution in [-0.2, 0) is 11.2 Å². The van der Waals surface area contributed by atoms with Crippen molar-refractivity contribution in [2.24, 2.45) is 0 Å². The van der Waals surface area contributed by atoms with Crippen molar-refractivity contribution in [2.75, 3.05) is 19.0 Å². The molecule has 0 heterocycles. The zero-order chi connectivity index (χ0) is 11.6. The van der Waals surface area contributed by atoms with E-state index in [4.69, 9.17) is 0 Å². The standard InChI is InChI=1S/C11H13F2NO/c1-7(15)4-8-5-9(12)10(13)6-11(8)14(2)3/h5-6H,4H2,1-3H3. The molecular formula is C11H13F2NO. The highest BCUT2D eigenvalue weighted by molar-refractivity contribution is 5.80. The van der Waals surface area contributed by atoms with Gasteiger partial charge in [-0.05, 0) is 18.6 Å². The Balaban J connectivity index is 3.21. The van der Waals surface area contributed by atoms with Gasteiger partial charge in [0.15, 0.2) is 11.6 Å². The number of carbonyl (C=O) groups excluding carboxylic acids is 1. The second-order valence-electron chi connectivity index (χ2n) is 3.67. The Morgan fingerprint density at radius 3 is 2.27 bits per heavy atom. The normalized spacial score (nSPS) is 10.2. The third kappa shape index (κ3) is 2.75. The number of ketones is 1. The highest BCUT2D eigenvalue weighted by Crippen LogP contribution is 2.22. The van der Waals surface area contributed by atoms with E-state index in [0.717, 1.165) is 12.1 Å². The number of hydrogen-bond acceptors (Lipinski definition) is 2. The van der Waals surface area contributed by atoms with Gasteiger partial charge in [-0.25, -0.2) is 8.78 Å². The predicted octanol–water partition coefficient (Wildman–Crippen LogP) is 2.16. The molecule has 0 aromatic heterocycles. The van der Waals surface area contributed by atoms with E-state index in [-0.39, 0.29) is 12.2 Å². The van der Waals surface area contributed by atoms with Crippen LogP contribution < -0.4 is 4.90 Å². The van der Waals surface area contributed by atoms with Gasteiger partial charge in [0.2, 0.25) is 0 Å². The lowest BCUT2D eigenvalue weighted by Crippen LogP contribution is -2.13. The maximum Gasteiger partial charge on any atom is 0.160 e. The average Bonchev–Trinajstić information content (AvgIpc) is 2.09. The van der Waals surface area contributed by atoms with Gasteiger partial charge in [-0.1, -0.05) is 0 Å². The van der Waals surface area contributed by atoms with E-state index in [1.54, 1.807) is 19.0 Å². The van der Waals surface area contributed by atoms with Crippen molar-refractivity contribution in [3.8, 4) is 0 Å². The molecule has 0 bridgehead atoms. The molecule has 1 aromatic carbocycles. The van der Waals surface area contributed by atoms with Crippen LogP contribution in [-0.4, -0.2) is 19.9 Å². The van der Waals surface area contributed by atoms with Crippen molar-refractivity contribution in [2.45, 2.75) is 13.3 Å². The molecule has 0 fully saturated rings. The van der Waals surface area contributed by atoms with Crippen molar-refractivity contribution >= 4 is 11.5 Å². The zero-order valence-electron chi connectivity index (χ0n) is 8.97. The summed E-state index contributed by atoms with van der Waals surface area (Å²) in [7, 11) is 3.44. The van der Waals surface area contributed by atoms with E-state index in [2.05, 4.69) is 0 Å². The molecule has 0 aliphatic rings. The van der Waals surface area contributed by atoms with Crippen LogP contribution in [0.1, 0.15) is 12.5 Å². The Hall–Kier alpha value is -1.45. The van der Waals surface area contributed by atoms with Gasteiger partial charge in [0.25, 0.3) is 0 Å². The number of Topliss-reactive ketones (excluding diaryl/α,β-unsaturated/α-hetero) is 1. The van der Waals surface area contributed by atoms with E-state index in [1.807, 2.05) is 0 Å². The monoisotopic (exact) mass is 213 g/mol. The maximum absolute atomic E-state index is 13.0. The van der Waals surface area contributed by atoms with Crippen LogP contribution in [0, 0.1) is 11.6 Å². The first kappa shape index (κ1) is 11.6. The lowest BCUT2D eigenvalue weighted by molar-refractivity contribution is -0.116. The summed E-state index contributed by atoms with van der Waals surface area (Å²) in [6.45, 7) is 1.42. The number of halogens is 2. The van der Waals surface area contributed by atoms with Crippen molar-refractivity contribution in [3.05, 3.63) is 29.3 Å². The van der Waals surface area contributed by atoms with E-state index in [0.29, 0.717) is 11.3 Å². The summed E-state index contributed by atoms with van der Waals surface area (Å²) in [5.74, 6) is -1.90. The average molecular weight is 213 g/mol. The third-order valence-corrected chi connectivity index (χ3v) is 2.04. The van der Waals surface area contributed by atoms with Gasteiger partial charge >= 0.3 is 0 Å². The molecule has 0 spiro atoms. The highest BCUT2D eigenvalue weighted by Gasteiger charge is 2.12. The van der Waals surface area contributed by atoms with Crippen molar-refractivity contribution in [1.29, 1.82) is 0 Å². The van der Waals surface area contributed by atoms with Crippen LogP contribution in [0.4, 0.5) is 14.5 Å².